The van der Waals surface area contributed by atoms with E-state index in [0.717, 1.165) is 11.1 Å². The van der Waals surface area contributed by atoms with E-state index in [4.69, 9.17) is 11.6 Å². The number of halogens is 1. The Hall–Kier alpha value is -2.66. The molecule has 0 bridgehead atoms. The van der Waals surface area contributed by atoms with Crippen LogP contribution in [-0.2, 0) is 11.2 Å². The van der Waals surface area contributed by atoms with E-state index < -0.39 is 0 Å². The van der Waals surface area contributed by atoms with Gasteiger partial charge in [-0.05, 0) is 29.3 Å². The van der Waals surface area contributed by atoms with Crippen LogP contribution in [0.3, 0.4) is 0 Å². The van der Waals surface area contributed by atoms with Crippen LogP contribution in [0.25, 0.3) is 0 Å². The summed E-state index contributed by atoms with van der Waals surface area (Å²) in [4.78, 5) is 20.3. The number of carbonyl (C=O) groups excluding carboxylic acids is 1. The third-order valence-electron chi connectivity index (χ3n) is 3.72. The molecule has 3 rings (SSSR count). The van der Waals surface area contributed by atoms with Crippen LogP contribution in [0.2, 0.25) is 5.02 Å². The monoisotopic (exact) mass is 340 g/mol. The van der Waals surface area contributed by atoms with Gasteiger partial charge in [0.25, 0.3) is 0 Å². The van der Waals surface area contributed by atoms with Crippen LogP contribution in [0.15, 0.2) is 67.5 Å². The molecule has 0 aliphatic carbocycles. The second-order valence-electron chi connectivity index (χ2n) is 5.42. The summed E-state index contributed by atoms with van der Waals surface area (Å²) in [5.74, 6) is -0.0397. The topological polar surface area (TPSA) is 59.8 Å². The van der Waals surface area contributed by atoms with Crippen LogP contribution in [0.1, 0.15) is 17.2 Å². The van der Waals surface area contributed by atoms with Gasteiger partial charge in [0, 0.05) is 36.4 Å². The van der Waals surface area contributed by atoms with Crippen LogP contribution in [0.5, 0.6) is 0 Å². The van der Waals surface area contributed by atoms with Crippen LogP contribution in [-0.4, -0.2) is 27.0 Å². The molecular formula is C18H17ClN4O. The fraction of sp³-hybridized carbons (Fsp3) is 0.167. The van der Waals surface area contributed by atoms with Crippen molar-refractivity contribution in [2.24, 2.45) is 0 Å². The smallest absolute Gasteiger partial charge is 0.224 e. The van der Waals surface area contributed by atoms with Crippen molar-refractivity contribution in [3.8, 4) is 0 Å². The van der Waals surface area contributed by atoms with Gasteiger partial charge in [0.05, 0.1) is 18.8 Å². The van der Waals surface area contributed by atoms with Gasteiger partial charge >= 0.3 is 0 Å². The molecule has 6 heteroatoms. The molecule has 0 saturated carbocycles. The number of benzene rings is 1. The Bertz CT molecular complexity index is 773. The van der Waals surface area contributed by atoms with Crippen LogP contribution in [0, 0.1) is 0 Å². The molecule has 0 radical (unpaired) electrons. The maximum absolute atomic E-state index is 12.2. The summed E-state index contributed by atoms with van der Waals surface area (Å²) in [6.07, 6.45) is 9.05. The molecule has 122 valence electrons. The van der Waals surface area contributed by atoms with Crippen molar-refractivity contribution in [1.29, 1.82) is 0 Å². The van der Waals surface area contributed by atoms with Gasteiger partial charge in [-0.15, -0.1) is 0 Å². The number of hydrogen-bond acceptors (Lipinski definition) is 3. The number of carbonyl (C=O) groups is 1. The molecule has 1 unspecified atom stereocenters. The Morgan fingerprint density at radius 3 is 2.67 bits per heavy atom. The lowest BCUT2D eigenvalue weighted by atomic mass is 10.1. The molecule has 0 spiro atoms. The Labute approximate surface area is 145 Å². The predicted molar refractivity (Wildman–Crippen MR) is 92.8 cm³/mol. The zero-order chi connectivity index (χ0) is 16.8. The zero-order valence-electron chi connectivity index (χ0n) is 13.0. The van der Waals surface area contributed by atoms with E-state index in [9.17, 15) is 4.79 Å². The van der Waals surface area contributed by atoms with E-state index in [1.165, 1.54) is 0 Å². The highest BCUT2D eigenvalue weighted by molar-refractivity contribution is 6.30. The highest BCUT2D eigenvalue weighted by Gasteiger charge is 2.15. The van der Waals surface area contributed by atoms with Crippen molar-refractivity contribution < 1.29 is 4.79 Å². The van der Waals surface area contributed by atoms with Crippen LogP contribution >= 0.6 is 11.6 Å². The summed E-state index contributed by atoms with van der Waals surface area (Å²) in [6, 6.07) is 11.3. The summed E-state index contributed by atoms with van der Waals surface area (Å²) >= 11 is 5.96. The first-order valence-corrected chi connectivity index (χ1v) is 7.98. The van der Waals surface area contributed by atoms with E-state index in [0.29, 0.717) is 18.0 Å². The van der Waals surface area contributed by atoms with E-state index in [2.05, 4.69) is 15.3 Å². The van der Waals surface area contributed by atoms with Gasteiger partial charge in [-0.3, -0.25) is 9.78 Å². The Morgan fingerprint density at radius 2 is 2.00 bits per heavy atom. The molecule has 5 nitrogen and oxygen atoms in total. The van der Waals surface area contributed by atoms with Gasteiger partial charge in [-0.25, -0.2) is 4.98 Å². The normalized spacial score (nSPS) is 11.9. The van der Waals surface area contributed by atoms with Gasteiger partial charge in [-0.2, -0.15) is 0 Å². The van der Waals surface area contributed by atoms with Crippen molar-refractivity contribution in [2.45, 2.75) is 12.5 Å². The molecule has 1 aromatic carbocycles. The second-order valence-corrected chi connectivity index (χ2v) is 5.86. The zero-order valence-corrected chi connectivity index (χ0v) is 13.7. The van der Waals surface area contributed by atoms with Gasteiger partial charge in [0.15, 0.2) is 0 Å². The molecule has 24 heavy (non-hydrogen) atoms. The molecule has 0 aliphatic rings. The van der Waals surface area contributed by atoms with Gasteiger partial charge in [-0.1, -0.05) is 29.8 Å². The quantitative estimate of drug-likeness (QED) is 0.750. The minimum Gasteiger partial charge on any atom is -0.353 e. The average molecular weight is 341 g/mol. The maximum Gasteiger partial charge on any atom is 0.224 e. The number of hydrogen-bond donors (Lipinski definition) is 1. The minimum atomic E-state index is -0.0397. The number of pyridine rings is 1. The van der Waals surface area contributed by atoms with Crippen molar-refractivity contribution >= 4 is 17.5 Å². The largest absolute Gasteiger partial charge is 0.353 e. The number of amides is 1. The molecule has 2 aromatic heterocycles. The molecule has 1 amide bonds. The lowest BCUT2D eigenvalue weighted by Gasteiger charge is -2.20. The molecule has 0 fully saturated rings. The van der Waals surface area contributed by atoms with Gasteiger partial charge in [0.1, 0.15) is 0 Å². The third-order valence-corrected chi connectivity index (χ3v) is 3.97. The summed E-state index contributed by atoms with van der Waals surface area (Å²) in [7, 11) is 0. The molecule has 1 N–H and O–H groups in total. The van der Waals surface area contributed by atoms with Crippen molar-refractivity contribution in [3.63, 3.8) is 0 Å². The van der Waals surface area contributed by atoms with Crippen LogP contribution in [0.4, 0.5) is 0 Å². The first-order valence-electron chi connectivity index (χ1n) is 7.61. The highest BCUT2D eigenvalue weighted by Crippen LogP contribution is 2.20. The Kier molecular flexibility index (Phi) is 5.23. The fourth-order valence-electron chi connectivity index (χ4n) is 2.50. The molecule has 1 atom stereocenters. The number of nitrogens with one attached hydrogen (secondary N) is 1. The summed E-state index contributed by atoms with van der Waals surface area (Å²) < 4.78 is 1.97. The van der Waals surface area contributed by atoms with Crippen molar-refractivity contribution in [2.75, 3.05) is 6.54 Å². The number of imidazole rings is 1. The fourth-order valence-corrected chi connectivity index (χ4v) is 2.62. The standard InChI is InChI=1S/C18H17ClN4O/c19-16-5-3-15(4-6-16)17(23-9-8-21-13-23)12-22-18(24)10-14-2-1-7-20-11-14/h1-9,11,13,17H,10,12H2,(H,22,24). The third kappa shape index (κ3) is 4.20. The molecule has 0 saturated heterocycles. The van der Waals surface area contributed by atoms with E-state index >= 15 is 0 Å². The molecule has 2 heterocycles. The Morgan fingerprint density at radius 1 is 1.17 bits per heavy atom. The number of aromatic nitrogens is 3. The molecule has 0 aliphatic heterocycles. The maximum atomic E-state index is 12.2. The van der Waals surface area contributed by atoms with Crippen LogP contribution < -0.4 is 5.32 Å². The lowest BCUT2D eigenvalue weighted by molar-refractivity contribution is -0.120. The molecule has 3 aromatic rings. The number of nitrogens with zero attached hydrogens (tertiary/aromatic N) is 3. The Balaban J connectivity index is 1.68. The van der Waals surface area contributed by atoms with E-state index in [-0.39, 0.29) is 11.9 Å². The van der Waals surface area contributed by atoms with E-state index in [1.807, 2.05) is 47.2 Å². The second kappa shape index (κ2) is 7.75. The lowest BCUT2D eigenvalue weighted by Crippen LogP contribution is -2.32. The molecular weight excluding hydrogens is 324 g/mol. The first-order chi connectivity index (χ1) is 11.7. The predicted octanol–water partition coefficient (Wildman–Crippen LogP) is 2.88. The van der Waals surface area contributed by atoms with Gasteiger partial charge < -0.3 is 9.88 Å². The number of rotatable bonds is 6. The average Bonchev–Trinajstić information content (AvgIpc) is 3.12. The summed E-state index contributed by atoms with van der Waals surface area (Å²) in [5.41, 5.74) is 1.94. The summed E-state index contributed by atoms with van der Waals surface area (Å²) in [6.45, 7) is 0.469. The first kappa shape index (κ1) is 16.2. The summed E-state index contributed by atoms with van der Waals surface area (Å²) in [5, 5.41) is 3.67. The van der Waals surface area contributed by atoms with Crippen molar-refractivity contribution in [1.82, 2.24) is 19.9 Å². The van der Waals surface area contributed by atoms with Crippen molar-refractivity contribution in [3.05, 3.63) is 83.7 Å². The van der Waals surface area contributed by atoms with Gasteiger partial charge in [0.2, 0.25) is 5.91 Å². The van der Waals surface area contributed by atoms with E-state index in [1.54, 1.807) is 24.9 Å². The minimum absolute atomic E-state index is 0.0392. The highest BCUT2D eigenvalue weighted by atomic mass is 35.5. The SMILES string of the molecule is O=C(Cc1cccnc1)NCC(c1ccc(Cl)cc1)n1ccnc1.